The number of nitrogens with one attached hydrogen (secondary N) is 1. The third-order valence-corrected chi connectivity index (χ3v) is 5.22. The van der Waals surface area contributed by atoms with Crippen molar-refractivity contribution < 1.29 is 14.6 Å². The van der Waals surface area contributed by atoms with Gasteiger partial charge in [-0.15, -0.1) is 0 Å². The highest BCUT2D eigenvalue weighted by atomic mass is 35.5. The third kappa shape index (κ3) is 3.99. The largest absolute Gasteiger partial charge is 0.493 e. The lowest BCUT2D eigenvalue weighted by molar-refractivity contribution is 0.287. The molecule has 1 aliphatic heterocycles. The van der Waals surface area contributed by atoms with Gasteiger partial charge in [-0.3, -0.25) is 0 Å². The summed E-state index contributed by atoms with van der Waals surface area (Å²) in [6, 6.07) is 13.3. The van der Waals surface area contributed by atoms with Gasteiger partial charge in [-0.1, -0.05) is 29.8 Å². The standard InChI is InChI=1S/C22H23ClN4O3/c1-29-19-10-7-15(12-20(19)30-2)18-13-17(14-5-8-16(23)9-6-14)24-22-25-21(4-3-11-28)26-27(18)22/h5-10,12-13,18,28H,3-4,11H2,1-2H3,(H,24,25,26). The fourth-order valence-corrected chi connectivity index (χ4v) is 3.58. The summed E-state index contributed by atoms with van der Waals surface area (Å²) in [4.78, 5) is 4.64. The van der Waals surface area contributed by atoms with Crippen LogP contribution in [0, 0.1) is 0 Å². The molecule has 0 radical (unpaired) electrons. The van der Waals surface area contributed by atoms with E-state index in [0.29, 0.717) is 41.1 Å². The average molecular weight is 427 g/mol. The van der Waals surface area contributed by atoms with Crippen LogP contribution in [0.3, 0.4) is 0 Å². The van der Waals surface area contributed by atoms with E-state index >= 15 is 0 Å². The number of hydrogen-bond acceptors (Lipinski definition) is 6. The maximum absolute atomic E-state index is 9.16. The summed E-state index contributed by atoms with van der Waals surface area (Å²) in [5, 5.41) is 17.9. The molecule has 1 aliphatic rings. The first kappa shape index (κ1) is 20.3. The first-order chi connectivity index (χ1) is 14.6. The molecule has 1 atom stereocenters. The molecule has 0 fully saturated rings. The SMILES string of the molecule is COc1ccc(C2C=C(c3ccc(Cl)cc3)Nc3nc(CCCO)nn32)cc1OC. The van der Waals surface area contributed by atoms with E-state index in [1.165, 1.54) is 0 Å². The lowest BCUT2D eigenvalue weighted by Crippen LogP contribution is -2.20. The number of aliphatic hydroxyl groups is 1. The topological polar surface area (TPSA) is 81.4 Å². The fraction of sp³-hybridized carbons (Fsp3) is 0.273. The van der Waals surface area contributed by atoms with Crippen molar-refractivity contribution in [1.82, 2.24) is 14.8 Å². The van der Waals surface area contributed by atoms with Gasteiger partial charge in [0, 0.05) is 23.7 Å². The summed E-state index contributed by atoms with van der Waals surface area (Å²) in [7, 11) is 3.23. The molecule has 7 nitrogen and oxygen atoms in total. The summed E-state index contributed by atoms with van der Waals surface area (Å²) >= 11 is 6.06. The Labute approximate surface area is 179 Å². The number of aliphatic hydroxyl groups excluding tert-OH is 1. The predicted octanol–water partition coefficient (Wildman–Crippen LogP) is 3.93. The lowest BCUT2D eigenvalue weighted by Gasteiger charge is -2.25. The summed E-state index contributed by atoms with van der Waals surface area (Å²) < 4.78 is 12.7. The van der Waals surface area contributed by atoms with Gasteiger partial charge in [0.2, 0.25) is 5.95 Å². The molecular formula is C22H23ClN4O3. The Balaban J connectivity index is 1.79. The minimum atomic E-state index is -0.192. The van der Waals surface area contributed by atoms with E-state index in [9.17, 15) is 0 Å². The second kappa shape index (κ2) is 8.77. The van der Waals surface area contributed by atoms with Crippen molar-refractivity contribution in [2.45, 2.75) is 18.9 Å². The Morgan fingerprint density at radius 1 is 1.10 bits per heavy atom. The van der Waals surface area contributed by atoms with Crippen molar-refractivity contribution in [3.05, 3.63) is 70.5 Å². The number of anilines is 1. The van der Waals surface area contributed by atoms with Crippen molar-refractivity contribution in [3.63, 3.8) is 0 Å². The van der Waals surface area contributed by atoms with Crippen LogP contribution in [0.2, 0.25) is 5.02 Å². The second-order valence-corrected chi connectivity index (χ2v) is 7.33. The number of aromatic nitrogens is 3. The molecule has 30 heavy (non-hydrogen) atoms. The molecular weight excluding hydrogens is 404 g/mol. The monoisotopic (exact) mass is 426 g/mol. The Morgan fingerprint density at radius 2 is 1.87 bits per heavy atom. The molecule has 0 aliphatic carbocycles. The van der Waals surface area contributed by atoms with Gasteiger partial charge in [0.25, 0.3) is 0 Å². The second-order valence-electron chi connectivity index (χ2n) is 6.89. The van der Waals surface area contributed by atoms with Crippen LogP contribution in [0.4, 0.5) is 5.95 Å². The molecule has 156 valence electrons. The highest BCUT2D eigenvalue weighted by Crippen LogP contribution is 2.36. The van der Waals surface area contributed by atoms with Crippen molar-refractivity contribution in [1.29, 1.82) is 0 Å². The van der Waals surface area contributed by atoms with Crippen molar-refractivity contribution >= 4 is 23.2 Å². The molecule has 0 bridgehead atoms. The number of ether oxygens (including phenoxy) is 2. The van der Waals surface area contributed by atoms with Crippen LogP contribution in [0.5, 0.6) is 11.5 Å². The van der Waals surface area contributed by atoms with Gasteiger partial charge in [0.1, 0.15) is 6.04 Å². The molecule has 8 heteroatoms. The molecule has 2 heterocycles. The molecule has 1 unspecified atom stereocenters. The maximum Gasteiger partial charge on any atom is 0.226 e. The van der Waals surface area contributed by atoms with E-state index in [-0.39, 0.29) is 12.6 Å². The van der Waals surface area contributed by atoms with Gasteiger partial charge < -0.3 is 19.9 Å². The Morgan fingerprint density at radius 3 is 2.57 bits per heavy atom. The number of fused-ring (bicyclic) bond motifs is 1. The maximum atomic E-state index is 9.16. The predicted molar refractivity (Wildman–Crippen MR) is 116 cm³/mol. The van der Waals surface area contributed by atoms with Crippen LogP contribution >= 0.6 is 11.6 Å². The van der Waals surface area contributed by atoms with Gasteiger partial charge in [-0.05, 0) is 47.9 Å². The molecule has 1 aromatic heterocycles. The summed E-state index contributed by atoms with van der Waals surface area (Å²) in [5.74, 6) is 2.65. The fourth-order valence-electron chi connectivity index (χ4n) is 3.45. The average Bonchev–Trinajstić information content (AvgIpc) is 3.20. The van der Waals surface area contributed by atoms with E-state index in [0.717, 1.165) is 16.8 Å². The van der Waals surface area contributed by atoms with Crippen LogP contribution in [-0.2, 0) is 6.42 Å². The minimum absolute atomic E-state index is 0.102. The Bertz CT molecular complexity index is 1060. The quantitative estimate of drug-likeness (QED) is 0.595. The molecule has 3 aromatic rings. The normalized spacial score (nSPS) is 15.2. The number of benzene rings is 2. The first-order valence-electron chi connectivity index (χ1n) is 9.66. The summed E-state index contributed by atoms with van der Waals surface area (Å²) in [6.45, 7) is 0.102. The zero-order valence-electron chi connectivity index (χ0n) is 16.8. The third-order valence-electron chi connectivity index (χ3n) is 4.97. The van der Waals surface area contributed by atoms with Crippen LogP contribution in [0.1, 0.15) is 29.4 Å². The van der Waals surface area contributed by atoms with Crippen LogP contribution in [0.25, 0.3) is 5.70 Å². The Hall–Kier alpha value is -3.03. The van der Waals surface area contributed by atoms with E-state index in [4.69, 9.17) is 26.2 Å². The molecule has 2 aromatic carbocycles. The Kier molecular flexibility index (Phi) is 5.92. The number of allylic oxidation sites excluding steroid dienone is 1. The molecule has 0 saturated carbocycles. The zero-order valence-corrected chi connectivity index (χ0v) is 17.6. The van der Waals surface area contributed by atoms with Gasteiger partial charge in [0.15, 0.2) is 17.3 Å². The van der Waals surface area contributed by atoms with Crippen LogP contribution in [0.15, 0.2) is 48.5 Å². The highest BCUT2D eigenvalue weighted by molar-refractivity contribution is 6.30. The van der Waals surface area contributed by atoms with Gasteiger partial charge in [-0.25, -0.2) is 4.68 Å². The smallest absolute Gasteiger partial charge is 0.226 e. The zero-order chi connectivity index (χ0) is 21.1. The van der Waals surface area contributed by atoms with Crippen LogP contribution in [-0.4, -0.2) is 40.7 Å². The van der Waals surface area contributed by atoms with E-state index < -0.39 is 0 Å². The van der Waals surface area contributed by atoms with E-state index in [1.54, 1.807) is 14.2 Å². The minimum Gasteiger partial charge on any atom is -0.493 e. The van der Waals surface area contributed by atoms with Gasteiger partial charge in [0.05, 0.1) is 14.2 Å². The van der Waals surface area contributed by atoms with Crippen LogP contribution < -0.4 is 14.8 Å². The van der Waals surface area contributed by atoms with E-state index in [1.807, 2.05) is 47.1 Å². The van der Waals surface area contributed by atoms with Gasteiger partial charge in [-0.2, -0.15) is 10.1 Å². The van der Waals surface area contributed by atoms with Gasteiger partial charge >= 0.3 is 0 Å². The number of rotatable bonds is 7. The molecule has 0 amide bonds. The number of hydrogen-bond donors (Lipinski definition) is 2. The van der Waals surface area contributed by atoms with Crippen molar-refractivity contribution in [2.24, 2.45) is 0 Å². The molecule has 0 spiro atoms. The van der Waals surface area contributed by atoms with Crippen molar-refractivity contribution in [3.8, 4) is 11.5 Å². The number of methoxy groups -OCH3 is 2. The molecule has 4 rings (SSSR count). The molecule has 0 saturated heterocycles. The number of halogens is 1. The van der Waals surface area contributed by atoms with E-state index in [2.05, 4.69) is 21.5 Å². The highest BCUT2D eigenvalue weighted by Gasteiger charge is 2.26. The number of nitrogens with zero attached hydrogens (tertiary/aromatic N) is 3. The number of aryl methyl sites for hydroxylation is 1. The summed E-state index contributed by atoms with van der Waals surface area (Å²) in [5.41, 5.74) is 2.90. The lowest BCUT2D eigenvalue weighted by atomic mass is 10.0. The van der Waals surface area contributed by atoms with Crippen molar-refractivity contribution in [2.75, 3.05) is 26.1 Å². The summed E-state index contributed by atoms with van der Waals surface area (Å²) in [6.07, 6.45) is 3.32. The molecule has 2 N–H and O–H groups in total. The first-order valence-corrected chi connectivity index (χ1v) is 10.0.